The molecule has 1 atom stereocenters. The molecular weight excluding hydrogens is 391 g/mol. The molecule has 1 nitrogen and oxygen atoms in total. The molecule has 0 spiro atoms. The van der Waals surface area contributed by atoms with E-state index in [2.05, 4.69) is 60.7 Å². The van der Waals surface area contributed by atoms with E-state index in [1.807, 2.05) is 0 Å². The summed E-state index contributed by atoms with van der Waals surface area (Å²) in [6.07, 6.45) is 1.09. The molecule has 63 valence electrons. The molecule has 0 aromatic carbocycles. The Balaban J connectivity index is 0. The first-order chi connectivity index (χ1) is 4.59. The quantitative estimate of drug-likeness (QED) is 0.702. The fourth-order valence-electron chi connectivity index (χ4n) is 0.471. The van der Waals surface area contributed by atoms with Crippen molar-refractivity contribution < 1.29 is 9.47 Å². The summed E-state index contributed by atoms with van der Waals surface area (Å²) < 4.78 is 0. The Morgan fingerprint density at radius 1 is 1.40 bits per heavy atom. The van der Waals surface area contributed by atoms with Gasteiger partial charge in [0.15, 0.2) is 0 Å². The molecule has 10 heavy (non-hydrogen) atoms. The van der Waals surface area contributed by atoms with Crippen LogP contribution in [0, 0.1) is 5.92 Å². The zero-order valence-corrected chi connectivity index (χ0v) is 12.4. The minimum absolute atomic E-state index is 0.403. The van der Waals surface area contributed by atoms with Gasteiger partial charge in [-0.15, -0.1) is 0 Å². The Hall–Kier alpha value is 2.00. The van der Waals surface area contributed by atoms with E-state index >= 15 is 0 Å². The number of hydrogen-bond acceptors (Lipinski definition) is 1. The summed E-state index contributed by atoms with van der Waals surface area (Å²) in [6, 6.07) is 0.403. The summed E-state index contributed by atoms with van der Waals surface area (Å²) in [7, 11) is 0.628. The molecule has 0 radical (unpaired) electrons. The van der Waals surface area contributed by atoms with Gasteiger partial charge >= 0.3 is 49.4 Å². The summed E-state index contributed by atoms with van der Waals surface area (Å²) in [5, 5.41) is 0. The van der Waals surface area contributed by atoms with Crippen LogP contribution in [-0.4, -0.2) is 6.04 Å². The molecule has 0 bridgehead atoms. The molecule has 0 heterocycles. The number of nitrogens with two attached hydrogens (primary N) is 1. The molecule has 0 fully saturated rings. The second kappa shape index (κ2) is 11.0. The zero-order valence-electron chi connectivity index (χ0n) is 6.64. The van der Waals surface area contributed by atoms with Gasteiger partial charge in [0.05, 0.1) is 0 Å². The molecule has 0 aliphatic heterocycles. The minimum atomic E-state index is 0.403. The van der Waals surface area contributed by atoms with Crippen LogP contribution in [0.15, 0.2) is 0 Å². The van der Waals surface area contributed by atoms with Crippen LogP contribution in [-0.2, 0) is 9.47 Å². The normalized spacial score (nSPS) is 11.9. The molecule has 0 saturated heterocycles. The van der Waals surface area contributed by atoms with Gasteiger partial charge in [-0.3, -0.25) is 0 Å². The van der Waals surface area contributed by atoms with Gasteiger partial charge in [-0.05, 0) is 12.3 Å². The van der Waals surface area contributed by atoms with E-state index in [4.69, 9.17) is 5.73 Å². The Morgan fingerprint density at radius 3 is 1.70 bits per heavy atom. The molecule has 4 heteroatoms. The number of hydrogen-bond donors (Lipinski definition) is 1. The fraction of sp³-hybridized carbons (Fsp3) is 1.00. The SMILES string of the molecule is CCC(N)C(C)C.[I][V][I]. The Kier molecular flexibility index (Phi) is 16.0. The monoisotopic (exact) mass is 406 g/mol. The summed E-state index contributed by atoms with van der Waals surface area (Å²) >= 11 is 4.74. The van der Waals surface area contributed by atoms with E-state index in [0.717, 1.165) is 6.42 Å². The first-order valence-corrected chi connectivity index (χ1v) is 12.3. The molecule has 0 aliphatic carbocycles. The standard InChI is InChI=1S/C6H15N.2HI.V/c1-4-6(7)5(2)3;;;/h5-6H,4,7H2,1-3H3;2*1H;/q;;;+2/p-2. The Bertz CT molecular complexity index is 61.7. The summed E-state index contributed by atoms with van der Waals surface area (Å²) in [6.45, 7) is 6.41. The van der Waals surface area contributed by atoms with E-state index in [9.17, 15) is 0 Å². The van der Waals surface area contributed by atoms with Gasteiger partial charge < -0.3 is 5.73 Å². The van der Waals surface area contributed by atoms with Crippen molar-refractivity contribution in [2.45, 2.75) is 33.2 Å². The zero-order chi connectivity index (χ0) is 8.57. The van der Waals surface area contributed by atoms with Gasteiger partial charge in [-0.25, -0.2) is 0 Å². The van der Waals surface area contributed by atoms with Crippen LogP contribution >= 0.6 is 40.0 Å². The van der Waals surface area contributed by atoms with Crippen molar-refractivity contribution in [1.82, 2.24) is 0 Å². The molecular formula is C6H15I2NV. The maximum atomic E-state index is 5.62. The maximum absolute atomic E-state index is 5.62. The van der Waals surface area contributed by atoms with Crippen LogP contribution < -0.4 is 5.73 Å². The average molecular weight is 406 g/mol. The van der Waals surface area contributed by atoms with E-state index < -0.39 is 0 Å². The first-order valence-electron chi connectivity index (χ1n) is 3.27. The molecule has 0 aromatic rings. The van der Waals surface area contributed by atoms with Crippen molar-refractivity contribution in [3.63, 3.8) is 0 Å². The fourth-order valence-corrected chi connectivity index (χ4v) is 0.471. The molecule has 2 N–H and O–H groups in total. The summed E-state index contributed by atoms with van der Waals surface area (Å²) in [5.41, 5.74) is 5.62. The van der Waals surface area contributed by atoms with Gasteiger partial charge in [0.25, 0.3) is 0 Å². The molecule has 0 aliphatic rings. The average Bonchev–Trinajstić information content (AvgIpc) is 1.88. The van der Waals surface area contributed by atoms with E-state index in [1.54, 1.807) is 0 Å². The third kappa shape index (κ3) is 12.7. The van der Waals surface area contributed by atoms with Crippen molar-refractivity contribution in [3.8, 4) is 0 Å². The van der Waals surface area contributed by atoms with Gasteiger partial charge in [0, 0.05) is 6.04 Å². The number of rotatable bonds is 2. The molecule has 1 unspecified atom stereocenters. The summed E-state index contributed by atoms with van der Waals surface area (Å²) in [4.78, 5) is 0. The number of halogens is 2. The van der Waals surface area contributed by atoms with E-state index in [0.29, 0.717) is 21.4 Å². The second-order valence-electron chi connectivity index (χ2n) is 2.38. The van der Waals surface area contributed by atoms with Crippen molar-refractivity contribution in [2.24, 2.45) is 11.7 Å². The van der Waals surface area contributed by atoms with Crippen LogP contribution in [0.25, 0.3) is 0 Å². The topological polar surface area (TPSA) is 26.0 Å². The van der Waals surface area contributed by atoms with Gasteiger partial charge in [-0.2, -0.15) is 0 Å². The van der Waals surface area contributed by atoms with E-state index in [1.165, 1.54) is 0 Å². The van der Waals surface area contributed by atoms with Crippen LogP contribution in [0.4, 0.5) is 0 Å². The molecule has 0 aromatic heterocycles. The van der Waals surface area contributed by atoms with Crippen LogP contribution in [0.2, 0.25) is 0 Å². The van der Waals surface area contributed by atoms with Crippen molar-refractivity contribution in [1.29, 1.82) is 0 Å². The van der Waals surface area contributed by atoms with Crippen LogP contribution in [0.1, 0.15) is 27.2 Å². The molecule has 0 rings (SSSR count). The first kappa shape index (κ1) is 14.5. The Labute approximate surface area is 93.1 Å². The third-order valence-corrected chi connectivity index (χ3v) is 1.33. The van der Waals surface area contributed by atoms with E-state index in [-0.39, 0.29) is 0 Å². The molecule has 0 amide bonds. The van der Waals surface area contributed by atoms with Crippen LogP contribution in [0.5, 0.6) is 0 Å². The van der Waals surface area contributed by atoms with Gasteiger partial charge in [0.1, 0.15) is 0 Å². The Morgan fingerprint density at radius 2 is 1.70 bits per heavy atom. The molecule has 0 saturated carbocycles. The van der Waals surface area contributed by atoms with Crippen molar-refractivity contribution >= 4 is 40.0 Å². The van der Waals surface area contributed by atoms with Gasteiger partial charge in [0.2, 0.25) is 0 Å². The third-order valence-electron chi connectivity index (χ3n) is 1.33. The second-order valence-corrected chi connectivity index (χ2v) is 14.2. The van der Waals surface area contributed by atoms with Crippen molar-refractivity contribution in [2.75, 3.05) is 0 Å². The summed E-state index contributed by atoms with van der Waals surface area (Å²) in [5.74, 6) is 0.644. The van der Waals surface area contributed by atoms with Gasteiger partial charge in [-0.1, -0.05) is 20.8 Å². The van der Waals surface area contributed by atoms with Crippen molar-refractivity contribution in [3.05, 3.63) is 0 Å². The predicted molar refractivity (Wildman–Crippen MR) is 61.1 cm³/mol. The van der Waals surface area contributed by atoms with Crippen LogP contribution in [0.3, 0.4) is 0 Å². The predicted octanol–water partition coefficient (Wildman–Crippen LogP) is 3.15.